The minimum Gasteiger partial charge on any atom is -0.492 e. The zero-order chi connectivity index (χ0) is 17.5. The van der Waals surface area contributed by atoms with Gasteiger partial charge in [0.1, 0.15) is 12.4 Å². The Kier molecular flexibility index (Phi) is 5.26. The monoisotopic (exact) mass is 333 g/mol. The van der Waals surface area contributed by atoms with Gasteiger partial charge in [-0.25, -0.2) is 0 Å². The minimum absolute atomic E-state index is 0.185. The second-order valence-electron chi connectivity index (χ2n) is 5.51. The van der Waals surface area contributed by atoms with Gasteiger partial charge in [0.05, 0.1) is 12.1 Å². The van der Waals surface area contributed by atoms with Gasteiger partial charge in [0.2, 0.25) is 0 Å². The molecule has 126 valence electrons. The Balaban J connectivity index is 1.58. The summed E-state index contributed by atoms with van der Waals surface area (Å²) in [7, 11) is 0. The molecular weight excluding hydrogens is 314 g/mol. The molecule has 5 nitrogen and oxygen atoms in total. The molecule has 0 saturated heterocycles. The van der Waals surface area contributed by atoms with Crippen LogP contribution < -0.4 is 15.8 Å². The number of nitrogens with zero attached hydrogens (tertiary/aromatic N) is 1. The summed E-state index contributed by atoms with van der Waals surface area (Å²) < 4.78 is 5.55. The van der Waals surface area contributed by atoms with E-state index in [0.717, 1.165) is 16.9 Å². The van der Waals surface area contributed by atoms with Crippen LogP contribution in [0.15, 0.2) is 73.1 Å². The molecule has 0 aliphatic rings. The number of aromatic nitrogens is 1. The van der Waals surface area contributed by atoms with Crippen LogP contribution in [-0.2, 0) is 0 Å². The molecule has 3 rings (SSSR count). The maximum absolute atomic E-state index is 12.3. The van der Waals surface area contributed by atoms with Crippen LogP contribution in [0.3, 0.4) is 0 Å². The van der Waals surface area contributed by atoms with Crippen LogP contribution in [-0.4, -0.2) is 24.0 Å². The molecule has 25 heavy (non-hydrogen) atoms. The Morgan fingerprint density at radius 3 is 2.64 bits per heavy atom. The van der Waals surface area contributed by atoms with E-state index in [-0.39, 0.29) is 5.91 Å². The van der Waals surface area contributed by atoms with Gasteiger partial charge >= 0.3 is 0 Å². The Morgan fingerprint density at radius 1 is 1.00 bits per heavy atom. The Hall–Kier alpha value is -3.34. The van der Waals surface area contributed by atoms with Crippen molar-refractivity contribution in [2.75, 3.05) is 18.9 Å². The van der Waals surface area contributed by atoms with Gasteiger partial charge in [0.25, 0.3) is 5.91 Å². The van der Waals surface area contributed by atoms with Crippen LogP contribution in [0.1, 0.15) is 10.4 Å². The first-order valence-corrected chi connectivity index (χ1v) is 7.99. The second-order valence-corrected chi connectivity index (χ2v) is 5.51. The van der Waals surface area contributed by atoms with E-state index in [1.807, 2.05) is 54.6 Å². The van der Waals surface area contributed by atoms with Gasteiger partial charge in [0, 0.05) is 23.6 Å². The van der Waals surface area contributed by atoms with Crippen molar-refractivity contribution in [1.82, 2.24) is 10.3 Å². The number of benzene rings is 2. The molecular formula is C20H19N3O2. The highest BCUT2D eigenvalue weighted by atomic mass is 16.5. The summed E-state index contributed by atoms with van der Waals surface area (Å²) in [6.07, 6.45) is 3.26. The average Bonchev–Trinajstić information content (AvgIpc) is 2.66. The fraction of sp³-hybridized carbons (Fsp3) is 0.100. The predicted octanol–water partition coefficient (Wildman–Crippen LogP) is 3.14. The molecule has 2 aromatic carbocycles. The number of nitrogen functional groups attached to an aromatic ring is 1. The van der Waals surface area contributed by atoms with E-state index in [2.05, 4.69) is 10.3 Å². The zero-order valence-electron chi connectivity index (χ0n) is 13.7. The van der Waals surface area contributed by atoms with E-state index in [9.17, 15) is 4.79 Å². The molecule has 1 amide bonds. The van der Waals surface area contributed by atoms with Gasteiger partial charge in [-0.3, -0.25) is 9.78 Å². The second kappa shape index (κ2) is 7.97. The molecule has 1 heterocycles. The van der Waals surface area contributed by atoms with Crippen molar-refractivity contribution in [2.24, 2.45) is 0 Å². The van der Waals surface area contributed by atoms with Crippen molar-refractivity contribution in [3.63, 3.8) is 0 Å². The number of hydrogen-bond acceptors (Lipinski definition) is 4. The number of rotatable bonds is 6. The normalized spacial score (nSPS) is 10.2. The molecule has 3 aromatic rings. The van der Waals surface area contributed by atoms with E-state index in [1.54, 1.807) is 18.5 Å². The van der Waals surface area contributed by atoms with Gasteiger partial charge in [-0.15, -0.1) is 0 Å². The summed E-state index contributed by atoms with van der Waals surface area (Å²) in [5, 5.41) is 2.83. The van der Waals surface area contributed by atoms with Gasteiger partial charge in [0.15, 0.2) is 0 Å². The van der Waals surface area contributed by atoms with Crippen LogP contribution >= 0.6 is 0 Å². The first kappa shape index (κ1) is 16.5. The molecule has 0 saturated carbocycles. The van der Waals surface area contributed by atoms with Crippen molar-refractivity contribution in [3.8, 4) is 16.9 Å². The van der Waals surface area contributed by atoms with Crippen molar-refractivity contribution < 1.29 is 9.53 Å². The molecule has 0 spiro atoms. The third kappa shape index (κ3) is 4.57. The number of carbonyl (C=O) groups excluding carboxylic acids is 1. The van der Waals surface area contributed by atoms with Crippen LogP contribution in [0.4, 0.5) is 5.69 Å². The lowest BCUT2D eigenvalue weighted by molar-refractivity contribution is 0.0946. The smallest absolute Gasteiger partial charge is 0.252 e. The summed E-state index contributed by atoms with van der Waals surface area (Å²) in [5.41, 5.74) is 8.75. The standard InChI is InChI=1S/C20H19N3O2/c21-18-6-4-5-15(12-18)16-11-17(14-22-13-16)20(24)23-9-10-25-19-7-2-1-3-8-19/h1-8,11-14H,9-10,21H2,(H,23,24). The van der Waals surface area contributed by atoms with E-state index < -0.39 is 0 Å². The number of nitrogens with one attached hydrogen (secondary N) is 1. The predicted molar refractivity (Wildman–Crippen MR) is 98.4 cm³/mol. The molecule has 0 fully saturated rings. The number of amides is 1. The van der Waals surface area contributed by atoms with Crippen molar-refractivity contribution in [1.29, 1.82) is 0 Å². The van der Waals surface area contributed by atoms with E-state index >= 15 is 0 Å². The zero-order valence-corrected chi connectivity index (χ0v) is 13.7. The van der Waals surface area contributed by atoms with E-state index in [0.29, 0.717) is 24.4 Å². The fourth-order valence-electron chi connectivity index (χ4n) is 2.39. The highest BCUT2D eigenvalue weighted by Crippen LogP contribution is 2.21. The molecule has 0 aliphatic carbocycles. The topological polar surface area (TPSA) is 77.2 Å². The van der Waals surface area contributed by atoms with Gasteiger partial charge in [-0.2, -0.15) is 0 Å². The fourth-order valence-corrected chi connectivity index (χ4v) is 2.39. The lowest BCUT2D eigenvalue weighted by atomic mass is 10.1. The molecule has 5 heteroatoms. The first-order valence-electron chi connectivity index (χ1n) is 7.99. The summed E-state index contributed by atoms with van der Waals surface area (Å²) >= 11 is 0. The number of ether oxygens (including phenoxy) is 1. The number of hydrogen-bond donors (Lipinski definition) is 2. The van der Waals surface area contributed by atoms with Crippen LogP contribution in [0.5, 0.6) is 5.75 Å². The third-order valence-electron chi connectivity index (χ3n) is 3.62. The Labute approximate surface area is 146 Å². The maximum Gasteiger partial charge on any atom is 0.252 e. The number of nitrogens with two attached hydrogens (primary N) is 1. The quantitative estimate of drug-likeness (QED) is 0.537. The van der Waals surface area contributed by atoms with Gasteiger partial charge in [-0.1, -0.05) is 30.3 Å². The average molecular weight is 333 g/mol. The third-order valence-corrected chi connectivity index (χ3v) is 3.62. The summed E-state index contributed by atoms with van der Waals surface area (Å²) in [4.78, 5) is 16.4. The van der Waals surface area contributed by atoms with Gasteiger partial charge in [-0.05, 0) is 35.9 Å². The van der Waals surface area contributed by atoms with E-state index in [1.165, 1.54) is 0 Å². The maximum atomic E-state index is 12.3. The molecule has 0 unspecified atom stereocenters. The van der Waals surface area contributed by atoms with Crippen LogP contribution in [0, 0.1) is 0 Å². The number of carbonyl (C=O) groups is 1. The van der Waals surface area contributed by atoms with Crippen LogP contribution in [0.25, 0.3) is 11.1 Å². The Bertz CT molecular complexity index is 850. The Morgan fingerprint density at radius 2 is 1.84 bits per heavy atom. The molecule has 0 radical (unpaired) electrons. The largest absolute Gasteiger partial charge is 0.492 e. The molecule has 0 atom stereocenters. The highest BCUT2D eigenvalue weighted by molar-refractivity contribution is 5.95. The highest BCUT2D eigenvalue weighted by Gasteiger charge is 2.08. The molecule has 1 aromatic heterocycles. The lowest BCUT2D eigenvalue weighted by Crippen LogP contribution is -2.28. The van der Waals surface area contributed by atoms with E-state index in [4.69, 9.17) is 10.5 Å². The molecule has 3 N–H and O–H groups in total. The van der Waals surface area contributed by atoms with Crippen molar-refractivity contribution in [3.05, 3.63) is 78.6 Å². The number of pyridine rings is 1. The molecule has 0 aliphatic heterocycles. The van der Waals surface area contributed by atoms with Crippen molar-refractivity contribution in [2.45, 2.75) is 0 Å². The van der Waals surface area contributed by atoms with Gasteiger partial charge < -0.3 is 15.8 Å². The summed E-state index contributed by atoms with van der Waals surface area (Å²) in [5.74, 6) is 0.594. The summed E-state index contributed by atoms with van der Waals surface area (Å²) in [6.45, 7) is 0.814. The van der Waals surface area contributed by atoms with Crippen molar-refractivity contribution >= 4 is 11.6 Å². The molecule has 0 bridgehead atoms. The lowest BCUT2D eigenvalue weighted by Gasteiger charge is -2.08. The summed E-state index contributed by atoms with van der Waals surface area (Å²) in [6, 6.07) is 18.8. The minimum atomic E-state index is -0.185. The SMILES string of the molecule is Nc1cccc(-c2cncc(C(=O)NCCOc3ccccc3)c2)c1. The number of para-hydroxylation sites is 1. The van der Waals surface area contributed by atoms with Crippen LogP contribution in [0.2, 0.25) is 0 Å². The number of anilines is 1. The first-order chi connectivity index (χ1) is 12.2.